The first-order valence-corrected chi connectivity index (χ1v) is 7.10. The minimum Gasteiger partial charge on any atom is -0.467 e. The summed E-state index contributed by atoms with van der Waals surface area (Å²) in [5.74, 6) is -2.38. The zero-order chi connectivity index (χ0) is 15.6. The molecule has 3 rings (SSSR count). The van der Waals surface area contributed by atoms with E-state index in [1.807, 2.05) is 0 Å². The molecular weight excluding hydrogens is 280 g/mol. The number of carbonyl (C=O) groups is 1. The molecule has 2 heterocycles. The molecule has 7 nitrogen and oxygen atoms in total. The van der Waals surface area contributed by atoms with Crippen LogP contribution in [0.1, 0.15) is 34.1 Å². The van der Waals surface area contributed by atoms with Gasteiger partial charge in [-0.05, 0) is 27.7 Å². The maximum atomic E-state index is 12.3. The van der Waals surface area contributed by atoms with Crippen LogP contribution in [0.5, 0.6) is 0 Å². The molecule has 1 saturated carbocycles. The normalized spacial score (nSPS) is 46.8. The van der Waals surface area contributed by atoms with Crippen LogP contribution < -0.4 is 0 Å². The standard InChI is InChI=1S/C14H22O7/c1-12(2)18-7-6-14(11(16)17-5)10(8(15)9(7)19-12)20-13(3,4)21-14/h7-10,15H,6H2,1-5H3/t7-,8-,9-,10+,14-/m1/s1. The Labute approximate surface area is 123 Å². The van der Waals surface area contributed by atoms with Crippen molar-refractivity contribution in [2.75, 3.05) is 7.11 Å². The lowest BCUT2D eigenvalue weighted by Crippen LogP contribution is -2.64. The van der Waals surface area contributed by atoms with Gasteiger partial charge in [0.25, 0.3) is 0 Å². The number of fused-ring (bicyclic) bond motifs is 2. The van der Waals surface area contributed by atoms with Crippen molar-refractivity contribution < 1.29 is 33.6 Å². The third kappa shape index (κ3) is 2.19. The van der Waals surface area contributed by atoms with Crippen molar-refractivity contribution in [3.8, 4) is 0 Å². The number of ether oxygens (including phenoxy) is 5. The second-order valence-corrected chi connectivity index (χ2v) is 6.75. The highest BCUT2D eigenvalue weighted by molar-refractivity contribution is 5.81. The summed E-state index contributed by atoms with van der Waals surface area (Å²) >= 11 is 0. The Hall–Kier alpha value is -0.730. The van der Waals surface area contributed by atoms with Crippen LogP contribution in [-0.2, 0) is 28.5 Å². The molecule has 0 aromatic carbocycles. The van der Waals surface area contributed by atoms with E-state index in [-0.39, 0.29) is 6.42 Å². The molecule has 21 heavy (non-hydrogen) atoms. The Kier molecular flexibility index (Phi) is 3.17. The topological polar surface area (TPSA) is 83.5 Å². The number of rotatable bonds is 1. The number of hydrogen-bond acceptors (Lipinski definition) is 7. The third-order valence-corrected chi connectivity index (χ3v) is 4.20. The Morgan fingerprint density at radius 2 is 1.81 bits per heavy atom. The molecule has 0 radical (unpaired) electrons. The first kappa shape index (κ1) is 15.2. The van der Waals surface area contributed by atoms with E-state index in [0.717, 1.165) is 0 Å². The molecule has 3 aliphatic rings. The predicted molar refractivity (Wildman–Crippen MR) is 69.2 cm³/mol. The fraction of sp³-hybridized carbons (Fsp3) is 0.929. The van der Waals surface area contributed by atoms with Gasteiger partial charge >= 0.3 is 5.97 Å². The Morgan fingerprint density at radius 1 is 1.14 bits per heavy atom. The molecule has 0 unspecified atom stereocenters. The van der Waals surface area contributed by atoms with Crippen LogP contribution in [0.2, 0.25) is 0 Å². The number of aliphatic hydroxyl groups excluding tert-OH is 1. The number of esters is 1. The van der Waals surface area contributed by atoms with Crippen LogP contribution in [0, 0.1) is 0 Å². The van der Waals surface area contributed by atoms with Gasteiger partial charge in [0.05, 0.1) is 13.2 Å². The van der Waals surface area contributed by atoms with Gasteiger partial charge in [0.2, 0.25) is 0 Å². The van der Waals surface area contributed by atoms with E-state index >= 15 is 0 Å². The molecule has 0 bridgehead atoms. The largest absolute Gasteiger partial charge is 0.467 e. The molecule has 0 aromatic rings. The van der Waals surface area contributed by atoms with Crippen molar-refractivity contribution in [1.82, 2.24) is 0 Å². The number of aliphatic hydroxyl groups is 1. The molecule has 2 aliphatic heterocycles. The molecule has 0 aromatic heterocycles. The van der Waals surface area contributed by atoms with Crippen molar-refractivity contribution in [3.05, 3.63) is 0 Å². The fourth-order valence-electron chi connectivity index (χ4n) is 3.62. The van der Waals surface area contributed by atoms with Gasteiger partial charge in [-0.1, -0.05) is 0 Å². The van der Waals surface area contributed by atoms with Crippen molar-refractivity contribution in [3.63, 3.8) is 0 Å². The molecular formula is C14H22O7. The van der Waals surface area contributed by atoms with Gasteiger partial charge in [-0.15, -0.1) is 0 Å². The maximum absolute atomic E-state index is 12.3. The summed E-state index contributed by atoms with van der Waals surface area (Å²) in [6.07, 6.45) is -2.67. The van der Waals surface area contributed by atoms with E-state index in [2.05, 4.69) is 0 Å². The van der Waals surface area contributed by atoms with Gasteiger partial charge in [-0.3, -0.25) is 0 Å². The van der Waals surface area contributed by atoms with Crippen LogP contribution in [0.3, 0.4) is 0 Å². The summed E-state index contributed by atoms with van der Waals surface area (Å²) < 4.78 is 28.0. The highest BCUT2D eigenvalue weighted by Gasteiger charge is 2.69. The monoisotopic (exact) mass is 302 g/mol. The molecule has 2 saturated heterocycles. The summed E-state index contributed by atoms with van der Waals surface area (Å²) in [5.41, 5.74) is -1.37. The lowest BCUT2D eigenvalue weighted by atomic mass is 9.77. The second-order valence-electron chi connectivity index (χ2n) is 6.75. The van der Waals surface area contributed by atoms with E-state index in [4.69, 9.17) is 23.7 Å². The lowest BCUT2D eigenvalue weighted by molar-refractivity contribution is -0.196. The molecule has 1 aliphatic carbocycles. The molecule has 0 amide bonds. The summed E-state index contributed by atoms with van der Waals surface area (Å²) in [4.78, 5) is 12.3. The highest BCUT2D eigenvalue weighted by atomic mass is 16.8. The van der Waals surface area contributed by atoms with Gasteiger partial charge in [-0.25, -0.2) is 4.79 Å². The van der Waals surface area contributed by atoms with Crippen molar-refractivity contribution >= 4 is 5.97 Å². The lowest BCUT2D eigenvalue weighted by Gasteiger charge is -2.41. The van der Waals surface area contributed by atoms with Crippen molar-refractivity contribution in [2.24, 2.45) is 0 Å². The second kappa shape index (κ2) is 4.39. The van der Waals surface area contributed by atoms with E-state index < -0.39 is 47.6 Å². The zero-order valence-electron chi connectivity index (χ0n) is 12.9. The smallest absolute Gasteiger partial charge is 0.341 e. The van der Waals surface area contributed by atoms with Gasteiger partial charge < -0.3 is 28.8 Å². The summed E-state index contributed by atoms with van der Waals surface area (Å²) in [5, 5.41) is 10.6. The van der Waals surface area contributed by atoms with Gasteiger partial charge in [-0.2, -0.15) is 0 Å². The predicted octanol–water partition coefficient (Wildman–Crippen LogP) is 0.334. The average Bonchev–Trinajstić information content (AvgIpc) is 2.81. The van der Waals surface area contributed by atoms with Crippen molar-refractivity contribution in [2.45, 2.75) is 75.7 Å². The van der Waals surface area contributed by atoms with Crippen LogP contribution in [0.25, 0.3) is 0 Å². The third-order valence-electron chi connectivity index (χ3n) is 4.20. The first-order chi connectivity index (χ1) is 9.60. The van der Waals surface area contributed by atoms with Crippen LogP contribution in [-0.4, -0.2) is 59.8 Å². The fourth-order valence-corrected chi connectivity index (χ4v) is 3.62. The Morgan fingerprint density at radius 3 is 2.43 bits per heavy atom. The van der Waals surface area contributed by atoms with E-state index in [1.165, 1.54) is 7.11 Å². The van der Waals surface area contributed by atoms with Crippen LogP contribution in [0.4, 0.5) is 0 Å². The molecule has 120 valence electrons. The van der Waals surface area contributed by atoms with E-state index in [0.29, 0.717) is 0 Å². The zero-order valence-corrected chi connectivity index (χ0v) is 12.9. The first-order valence-electron chi connectivity index (χ1n) is 7.10. The molecule has 7 heteroatoms. The van der Waals surface area contributed by atoms with Crippen LogP contribution >= 0.6 is 0 Å². The molecule has 1 N–H and O–H groups in total. The molecule has 5 atom stereocenters. The number of methoxy groups -OCH3 is 1. The summed E-state index contributed by atoms with van der Waals surface area (Å²) in [6.45, 7) is 6.93. The van der Waals surface area contributed by atoms with Gasteiger partial charge in [0, 0.05) is 6.42 Å². The van der Waals surface area contributed by atoms with Gasteiger partial charge in [0.1, 0.15) is 18.3 Å². The molecule has 0 spiro atoms. The quantitative estimate of drug-likeness (QED) is 0.699. The van der Waals surface area contributed by atoms with Crippen molar-refractivity contribution in [1.29, 1.82) is 0 Å². The van der Waals surface area contributed by atoms with Crippen LogP contribution in [0.15, 0.2) is 0 Å². The van der Waals surface area contributed by atoms with E-state index in [1.54, 1.807) is 27.7 Å². The molecule has 3 fully saturated rings. The average molecular weight is 302 g/mol. The van der Waals surface area contributed by atoms with E-state index in [9.17, 15) is 9.90 Å². The Bertz CT molecular complexity index is 460. The SMILES string of the molecule is COC(=O)[C@@]12C[C@H]3OC(C)(C)O[C@H]3[C@@H](O)[C@@H]1OC(C)(C)O2. The highest BCUT2D eigenvalue weighted by Crippen LogP contribution is 2.50. The van der Waals surface area contributed by atoms with Gasteiger partial charge in [0.15, 0.2) is 17.2 Å². The number of hydrogen-bond donors (Lipinski definition) is 1. The minimum atomic E-state index is -1.37. The number of carbonyl (C=O) groups excluding carboxylic acids is 1. The summed E-state index contributed by atoms with van der Waals surface area (Å²) in [7, 11) is 1.29. The minimum absolute atomic E-state index is 0.221. The maximum Gasteiger partial charge on any atom is 0.341 e. The summed E-state index contributed by atoms with van der Waals surface area (Å²) in [6, 6.07) is 0. The Balaban J connectivity index is 1.98.